The van der Waals surface area contributed by atoms with Gasteiger partial charge in [0, 0.05) is 42.8 Å². The van der Waals surface area contributed by atoms with E-state index in [9.17, 15) is 29.4 Å². The molecular weight excluding hydrogens is 536 g/mol. The fourth-order valence-corrected chi connectivity index (χ4v) is 8.68. The van der Waals surface area contributed by atoms with E-state index in [1.807, 2.05) is 0 Å². The van der Waals surface area contributed by atoms with Gasteiger partial charge in [0.2, 0.25) is 5.79 Å². The lowest BCUT2D eigenvalue weighted by Crippen LogP contribution is -2.52. The minimum Gasteiger partial charge on any atom is -0.454 e. The lowest BCUT2D eigenvalue weighted by Gasteiger charge is -2.40. The zero-order valence-corrected chi connectivity index (χ0v) is 24.1. The molecule has 2 N–H and O–H groups in total. The number of aliphatic hydroxyl groups is 2. The van der Waals surface area contributed by atoms with Crippen molar-refractivity contribution in [1.82, 2.24) is 0 Å². The molecule has 10 atom stereocenters. The number of esters is 2. The fraction of sp³-hybridized carbons (Fsp3) is 0.733. The zero-order valence-electron chi connectivity index (χ0n) is 24.1. The van der Waals surface area contributed by atoms with Crippen LogP contribution in [0.3, 0.4) is 0 Å². The highest BCUT2D eigenvalue weighted by Gasteiger charge is 2.77. The Morgan fingerprint density at radius 2 is 1.93 bits per heavy atom. The maximum Gasteiger partial charge on any atom is 0.339 e. The second-order valence-corrected chi connectivity index (χ2v) is 13.4. The number of ether oxygens (including phenoxy) is 5. The summed E-state index contributed by atoms with van der Waals surface area (Å²) in [5.74, 6) is -4.72. The van der Waals surface area contributed by atoms with Crippen molar-refractivity contribution in [1.29, 1.82) is 0 Å². The van der Waals surface area contributed by atoms with Crippen LogP contribution in [-0.2, 0) is 42.9 Å². The lowest BCUT2D eigenvalue weighted by atomic mass is 9.64. The Labute approximate surface area is 238 Å². The van der Waals surface area contributed by atoms with Gasteiger partial charge in [0.1, 0.15) is 23.2 Å². The van der Waals surface area contributed by atoms with Gasteiger partial charge in [-0.05, 0) is 51.7 Å². The molecule has 0 aromatic heterocycles. The van der Waals surface area contributed by atoms with Crippen molar-refractivity contribution in [3.63, 3.8) is 0 Å². The van der Waals surface area contributed by atoms with Crippen LogP contribution >= 0.6 is 0 Å². The van der Waals surface area contributed by atoms with Crippen LogP contribution in [0.2, 0.25) is 0 Å². The maximum atomic E-state index is 14.2. The number of hydrogen-bond donors (Lipinski definition) is 2. The number of Topliss-reactive ketones (excluding diaryl/α,β-unsaturated/α-hetero) is 2. The van der Waals surface area contributed by atoms with Crippen LogP contribution in [0.25, 0.3) is 0 Å². The van der Waals surface area contributed by atoms with Crippen LogP contribution in [0.1, 0.15) is 66.2 Å². The quantitative estimate of drug-likeness (QED) is 0.461. The van der Waals surface area contributed by atoms with Gasteiger partial charge in [0.05, 0.1) is 23.7 Å². The van der Waals surface area contributed by atoms with Gasteiger partial charge in [-0.2, -0.15) is 0 Å². The molecule has 6 rings (SSSR count). The van der Waals surface area contributed by atoms with Gasteiger partial charge in [-0.3, -0.25) is 9.59 Å². The van der Waals surface area contributed by atoms with Crippen LogP contribution < -0.4 is 0 Å². The Morgan fingerprint density at radius 3 is 2.56 bits per heavy atom. The summed E-state index contributed by atoms with van der Waals surface area (Å²) >= 11 is 0. The molecule has 5 fully saturated rings. The Kier molecular flexibility index (Phi) is 6.31. The number of fused-ring (bicyclic) bond motifs is 1. The fourth-order valence-electron chi connectivity index (χ4n) is 8.68. The summed E-state index contributed by atoms with van der Waals surface area (Å²) in [5.41, 5.74) is -4.12. The summed E-state index contributed by atoms with van der Waals surface area (Å²) in [6.07, 6.45) is 2.17. The largest absolute Gasteiger partial charge is 0.454 e. The zero-order chi connectivity index (χ0) is 29.8. The number of carbonyl (C=O) groups excluding carboxylic acids is 4. The standard InChI is InChI=1S/C30H38O11/c1-15(10-17-11-16(2)24(35)38-17)21(33)26(3)8-9-28-13-29-19(7-6-18(28)22(34)30(12-26,37-5)41-28)27(4,14-31)39-23(29)20(32)25(36)40-29/h10-11,15,18-20,23,31-32H,6-9,12-14H2,1-5H3/t15-,18-,19-,20+,23+,26+,27+,28+,29+,30+/m1/s1. The number of aliphatic hydroxyl groups excluding tert-OH is 2. The maximum absolute atomic E-state index is 14.2. The molecule has 5 heterocycles. The number of rotatable bonds is 5. The highest BCUT2D eigenvalue weighted by Crippen LogP contribution is 2.64. The van der Waals surface area contributed by atoms with E-state index in [1.54, 1.807) is 39.8 Å². The first-order valence-electron chi connectivity index (χ1n) is 14.3. The van der Waals surface area contributed by atoms with Crippen LogP contribution in [0.5, 0.6) is 0 Å². The highest BCUT2D eigenvalue weighted by molar-refractivity contribution is 5.95. The van der Waals surface area contributed by atoms with E-state index in [4.69, 9.17) is 23.7 Å². The monoisotopic (exact) mass is 574 g/mol. The second-order valence-electron chi connectivity index (χ2n) is 13.4. The predicted molar refractivity (Wildman–Crippen MR) is 139 cm³/mol. The van der Waals surface area contributed by atoms with E-state index in [2.05, 4.69) is 0 Å². The van der Waals surface area contributed by atoms with Crippen molar-refractivity contribution in [3.05, 3.63) is 23.5 Å². The minimum atomic E-state index is -1.69. The Balaban J connectivity index is 1.37. The Hall–Kier alpha value is -2.44. The van der Waals surface area contributed by atoms with Gasteiger partial charge in [-0.1, -0.05) is 13.8 Å². The number of methoxy groups -OCH3 is 1. The third-order valence-corrected chi connectivity index (χ3v) is 10.7. The third kappa shape index (κ3) is 3.82. The number of ketones is 2. The van der Waals surface area contributed by atoms with Gasteiger partial charge in [0.15, 0.2) is 11.9 Å². The number of allylic oxidation sites excluding steroid dienone is 2. The minimum absolute atomic E-state index is 0.00170. The summed E-state index contributed by atoms with van der Waals surface area (Å²) < 4.78 is 29.9. The molecule has 2 bridgehead atoms. The van der Waals surface area contributed by atoms with Gasteiger partial charge < -0.3 is 33.9 Å². The predicted octanol–water partition coefficient (Wildman–Crippen LogP) is 1.67. The molecule has 11 nitrogen and oxygen atoms in total. The average molecular weight is 575 g/mol. The summed E-state index contributed by atoms with van der Waals surface area (Å²) in [6, 6.07) is 0. The molecule has 4 saturated heterocycles. The van der Waals surface area contributed by atoms with Crippen LogP contribution in [-0.4, -0.2) is 82.2 Å². The van der Waals surface area contributed by atoms with Crippen LogP contribution in [0.4, 0.5) is 0 Å². The van der Waals surface area contributed by atoms with Crippen molar-refractivity contribution >= 4 is 23.5 Å². The lowest BCUT2D eigenvalue weighted by molar-refractivity contribution is -0.247. The molecule has 0 radical (unpaired) electrons. The van der Waals surface area contributed by atoms with Crippen molar-refractivity contribution in [3.8, 4) is 0 Å². The molecule has 2 spiro atoms. The van der Waals surface area contributed by atoms with Crippen molar-refractivity contribution < 1.29 is 53.1 Å². The van der Waals surface area contributed by atoms with Gasteiger partial charge in [-0.25, -0.2) is 9.59 Å². The molecule has 0 unspecified atom stereocenters. The number of cyclic esters (lactones) is 1. The molecule has 0 amide bonds. The number of carbonyl (C=O) groups is 4. The van der Waals surface area contributed by atoms with Gasteiger partial charge in [-0.15, -0.1) is 0 Å². The molecule has 6 aliphatic rings. The van der Waals surface area contributed by atoms with Crippen LogP contribution in [0, 0.1) is 23.2 Å². The van der Waals surface area contributed by atoms with E-state index < -0.39 is 69.9 Å². The normalized spacial score (nSPS) is 48.5. The third-order valence-electron chi connectivity index (χ3n) is 10.7. The molecule has 5 aliphatic heterocycles. The SMILES string of the molecule is CO[C@]12C[C@@](C)(C(=O)[C@H](C)C=C3C=C(C)C(=O)O3)CC[C@@]3(C[C@@]45OC(=O)[C@@H](O)[C@@H]4O[C@@](C)(CO)[C@H]5CC[C@@H]3C1=O)O2. The van der Waals surface area contributed by atoms with Crippen LogP contribution in [0.15, 0.2) is 23.5 Å². The molecule has 11 heteroatoms. The van der Waals surface area contributed by atoms with E-state index in [0.717, 1.165) is 0 Å². The summed E-state index contributed by atoms with van der Waals surface area (Å²) in [4.78, 5) is 52.7. The van der Waals surface area contributed by atoms with Crippen molar-refractivity contribution in [2.75, 3.05) is 13.7 Å². The molecular formula is C30H38O11. The van der Waals surface area contributed by atoms with E-state index >= 15 is 0 Å². The summed E-state index contributed by atoms with van der Waals surface area (Å²) in [6.45, 7) is 6.56. The molecule has 0 aromatic rings. The Morgan fingerprint density at radius 1 is 1.20 bits per heavy atom. The van der Waals surface area contributed by atoms with E-state index in [-0.39, 0.29) is 31.0 Å². The second kappa shape index (κ2) is 9.03. The summed E-state index contributed by atoms with van der Waals surface area (Å²) in [7, 11) is 1.40. The average Bonchev–Trinajstić information content (AvgIpc) is 3.44. The Bertz CT molecular complexity index is 1290. The summed E-state index contributed by atoms with van der Waals surface area (Å²) in [5, 5.41) is 21.0. The van der Waals surface area contributed by atoms with Gasteiger partial charge >= 0.3 is 11.9 Å². The van der Waals surface area contributed by atoms with Crippen molar-refractivity contribution in [2.45, 2.75) is 101 Å². The topological polar surface area (TPSA) is 155 Å². The van der Waals surface area contributed by atoms with E-state index in [1.165, 1.54) is 7.11 Å². The van der Waals surface area contributed by atoms with Gasteiger partial charge in [0.25, 0.3) is 0 Å². The molecule has 0 aromatic carbocycles. The van der Waals surface area contributed by atoms with E-state index in [0.29, 0.717) is 37.0 Å². The van der Waals surface area contributed by atoms with Crippen molar-refractivity contribution in [2.24, 2.45) is 23.2 Å². The molecule has 1 saturated carbocycles. The number of hydrogen-bond acceptors (Lipinski definition) is 11. The molecule has 1 aliphatic carbocycles. The first-order valence-corrected chi connectivity index (χ1v) is 14.3. The first-order chi connectivity index (χ1) is 19.2. The molecule has 41 heavy (non-hydrogen) atoms. The smallest absolute Gasteiger partial charge is 0.339 e. The molecule has 224 valence electrons. The first kappa shape index (κ1) is 28.7. The highest BCUT2D eigenvalue weighted by atomic mass is 16.7.